The van der Waals surface area contributed by atoms with E-state index in [2.05, 4.69) is 36.2 Å². The summed E-state index contributed by atoms with van der Waals surface area (Å²) in [6, 6.07) is 0. The SMILES string of the molecule is CON=[N+]([O-])C(Br)[N+]([O-])=NOC. The smallest absolute Gasteiger partial charge is 0.470 e. The largest absolute Gasteiger partial charge is 0.591 e. The predicted molar refractivity (Wildman–Crippen MR) is 38.8 cm³/mol. The highest BCUT2D eigenvalue weighted by molar-refractivity contribution is 9.09. The summed E-state index contributed by atoms with van der Waals surface area (Å²) in [7, 11) is 2.35. The maximum absolute atomic E-state index is 10.7. The Bertz CT molecular complexity index is 175. The van der Waals surface area contributed by atoms with Crippen LogP contribution in [0.3, 0.4) is 0 Å². The van der Waals surface area contributed by atoms with Crippen LogP contribution in [0.2, 0.25) is 0 Å². The van der Waals surface area contributed by atoms with Gasteiger partial charge in [0.05, 0.1) is 15.9 Å². The third kappa shape index (κ3) is 3.32. The van der Waals surface area contributed by atoms with Gasteiger partial charge < -0.3 is 20.1 Å². The number of halogens is 1. The molecule has 0 fully saturated rings. The Hall–Kier alpha value is -1.12. The van der Waals surface area contributed by atoms with Gasteiger partial charge in [-0.1, -0.05) is 0 Å². The summed E-state index contributed by atoms with van der Waals surface area (Å²) in [5.74, 6) is 0. The minimum absolute atomic E-state index is 0.0183. The molecule has 0 aliphatic carbocycles. The van der Waals surface area contributed by atoms with Gasteiger partial charge in [0, 0.05) is 9.72 Å². The van der Waals surface area contributed by atoms with Crippen LogP contribution >= 0.6 is 15.9 Å². The molecule has 0 saturated carbocycles. The molecule has 0 spiro atoms. The van der Waals surface area contributed by atoms with Crippen LogP contribution in [-0.2, 0) is 9.68 Å². The van der Waals surface area contributed by atoms with E-state index in [0.29, 0.717) is 0 Å². The van der Waals surface area contributed by atoms with Crippen molar-refractivity contribution in [2.45, 2.75) is 5.08 Å². The molecular formula is C3H7BrN4O4. The number of alkyl halides is 1. The van der Waals surface area contributed by atoms with E-state index in [4.69, 9.17) is 0 Å². The zero-order valence-electron chi connectivity index (χ0n) is 6.38. The maximum Gasteiger partial charge on any atom is 0.470 e. The summed E-state index contributed by atoms with van der Waals surface area (Å²) in [5.41, 5.74) is 0. The first-order valence-electron chi connectivity index (χ1n) is 2.68. The van der Waals surface area contributed by atoms with Crippen molar-refractivity contribution in [1.82, 2.24) is 0 Å². The number of hydroxylamine groups is 2. The lowest BCUT2D eigenvalue weighted by Gasteiger charge is -2.02. The number of hydrogen-bond acceptors (Lipinski definition) is 6. The molecule has 0 amide bonds. The maximum atomic E-state index is 10.7. The first-order chi connectivity index (χ1) is 5.63. The molecule has 0 atom stereocenters. The minimum Gasteiger partial charge on any atom is -0.591 e. The Balaban J connectivity index is 4.28. The minimum atomic E-state index is -1.31. The lowest BCUT2D eigenvalue weighted by molar-refractivity contribution is -0.765. The lowest BCUT2D eigenvalue weighted by Crippen LogP contribution is -2.23. The Kier molecular flexibility index (Phi) is 5.00. The van der Waals surface area contributed by atoms with Crippen molar-refractivity contribution < 1.29 is 19.4 Å². The van der Waals surface area contributed by atoms with E-state index in [1.807, 2.05) is 0 Å². The molecule has 0 aromatic rings. The van der Waals surface area contributed by atoms with Crippen LogP contribution in [0.4, 0.5) is 0 Å². The zero-order valence-corrected chi connectivity index (χ0v) is 7.96. The van der Waals surface area contributed by atoms with Crippen LogP contribution in [-0.4, -0.2) is 29.0 Å². The lowest BCUT2D eigenvalue weighted by atomic mass is 11.2. The van der Waals surface area contributed by atoms with Crippen molar-refractivity contribution in [1.29, 1.82) is 0 Å². The van der Waals surface area contributed by atoms with E-state index in [1.54, 1.807) is 0 Å². The molecule has 0 aliphatic heterocycles. The molecule has 9 heteroatoms. The van der Waals surface area contributed by atoms with Crippen LogP contribution in [0, 0.1) is 10.4 Å². The third-order valence-corrected chi connectivity index (χ3v) is 1.39. The first-order valence-corrected chi connectivity index (χ1v) is 3.60. The second-order valence-electron chi connectivity index (χ2n) is 1.44. The molecule has 0 aliphatic rings. The van der Waals surface area contributed by atoms with Gasteiger partial charge in [-0.3, -0.25) is 0 Å². The number of nitrogens with zero attached hydrogens (tertiary/aromatic N) is 4. The van der Waals surface area contributed by atoms with E-state index in [9.17, 15) is 10.4 Å². The van der Waals surface area contributed by atoms with E-state index >= 15 is 0 Å². The molecule has 8 nitrogen and oxygen atoms in total. The molecule has 0 aromatic heterocycles. The first kappa shape index (κ1) is 10.9. The van der Waals surface area contributed by atoms with E-state index < -0.39 is 5.08 Å². The highest BCUT2D eigenvalue weighted by Gasteiger charge is 2.24. The van der Waals surface area contributed by atoms with Gasteiger partial charge in [0.1, 0.15) is 14.2 Å². The van der Waals surface area contributed by atoms with Gasteiger partial charge in [0.15, 0.2) is 0 Å². The highest BCUT2D eigenvalue weighted by Crippen LogP contribution is 2.03. The quantitative estimate of drug-likeness (QED) is 0.181. The van der Waals surface area contributed by atoms with Crippen molar-refractivity contribution in [3.8, 4) is 0 Å². The second kappa shape index (κ2) is 5.52. The van der Waals surface area contributed by atoms with Crippen LogP contribution in [0.1, 0.15) is 0 Å². The Labute approximate surface area is 76.3 Å². The molecule has 0 aromatic carbocycles. The molecule has 0 unspecified atom stereocenters. The summed E-state index contributed by atoms with van der Waals surface area (Å²) < 4.78 is 0. The normalized spacial score (nSPS) is 15.6. The average molecular weight is 243 g/mol. The molecule has 0 bridgehead atoms. The summed E-state index contributed by atoms with van der Waals surface area (Å²) in [4.78, 5) is 8.19. The van der Waals surface area contributed by atoms with Gasteiger partial charge in [0.25, 0.3) is 0 Å². The van der Waals surface area contributed by atoms with Gasteiger partial charge in [-0.25, -0.2) is 0 Å². The van der Waals surface area contributed by atoms with Gasteiger partial charge in [-0.15, -0.1) is 0 Å². The second-order valence-corrected chi connectivity index (χ2v) is 2.26. The van der Waals surface area contributed by atoms with E-state index in [-0.39, 0.29) is 9.72 Å². The number of rotatable bonds is 4. The Morgan fingerprint density at radius 2 is 1.50 bits per heavy atom. The Morgan fingerprint density at radius 1 is 1.17 bits per heavy atom. The van der Waals surface area contributed by atoms with Crippen LogP contribution < -0.4 is 0 Å². The third-order valence-electron chi connectivity index (χ3n) is 0.689. The summed E-state index contributed by atoms with van der Waals surface area (Å²) in [5, 5.41) is 25.9. The van der Waals surface area contributed by atoms with Crippen LogP contribution in [0.25, 0.3) is 0 Å². The fourth-order valence-electron chi connectivity index (χ4n) is 0.323. The summed E-state index contributed by atoms with van der Waals surface area (Å²) in [6.45, 7) is 0. The fourth-order valence-corrected chi connectivity index (χ4v) is 0.473. The summed E-state index contributed by atoms with van der Waals surface area (Å²) >= 11 is 2.69. The fraction of sp³-hybridized carbons (Fsp3) is 1.00. The predicted octanol–water partition coefficient (Wildman–Crippen LogP) is 0.713. The van der Waals surface area contributed by atoms with Gasteiger partial charge in [-0.05, 0) is 0 Å². The van der Waals surface area contributed by atoms with Crippen molar-refractivity contribution in [2.24, 2.45) is 10.6 Å². The molecule has 0 N–H and O–H groups in total. The van der Waals surface area contributed by atoms with Gasteiger partial charge in [-0.2, -0.15) is 0 Å². The molecule has 0 rings (SSSR count). The molecule has 0 heterocycles. The molecule has 70 valence electrons. The molecule has 0 saturated heterocycles. The van der Waals surface area contributed by atoms with Gasteiger partial charge in [0.2, 0.25) is 10.6 Å². The van der Waals surface area contributed by atoms with Crippen LogP contribution in [0.15, 0.2) is 10.6 Å². The number of hydrogen-bond donors (Lipinski definition) is 0. The highest BCUT2D eigenvalue weighted by atomic mass is 79.9. The monoisotopic (exact) mass is 242 g/mol. The van der Waals surface area contributed by atoms with Gasteiger partial charge >= 0.3 is 5.08 Å². The van der Waals surface area contributed by atoms with Crippen molar-refractivity contribution in [3.05, 3.63) is 10.4 Å². The van der Waals surface area contributed by atoms with Crippen LogP contribution in [0.5, 0.6) is 0 Å². The zero-order chi connectivity index (χ0) is 9.56. The van der Waals surface area contributed by atoms with Crippen molar-refractivity contribution in [3.63, 3.8) is 0 Å². The standard InChI is InChI=1S/C3H7BrN4O4/c1-11-5-7(9)3(4)8(10)6-12-2/h3H,1-2H3. The van der Waals surface area contributed by atoms with E-state index in [1.165, 1.54) is 14.2 Å². The molecular weight excluding hydrogens is 236 g/mol. The van der Waals surface area contributed by atoms with Crippen molar-refractivity contribution >= 4 is 15.9 Å². The molecule has 0 radical (unpaired) electrons. The Morgan fingerprint density at radius 3 is 1.75 bits per heavy atom. The van der Waals surface area contributed by atoms with Crippen molar-refractivity contribution in [2.75, 3.05) is 14.2 Å². The summed E-state index contributed by atoms with van der Waals surface area (Å²) in [6.07, 6.45) is 0. The average Bonchev–Trinajstić information content (AvgIpc) is 2.04. The van der Waals surface area contributed by atoms with E-state index in [0.717, 1.165) is 0 Å². The topological polar surface area (TPSA) is 95.3 Å². The molecule has 12 heavy (non-hydrogen) atoms.